The summed E-state index contributed by atoms with van der Waals surface area (Å²) in [4.78, 5) is 8.36. The molecule has 7 heteroatoms. The van der Waals surface area contributed by atoms with E-state index in [9.17, 15) is 0 Å². The largest absolute Gasteiger partial charge is 0.328 e. The number of rotatable bonds is 0. The summed E-state index contributed by atoms with van der Waals surface area (Å²) in [6, 6.07) is 0. The van der Waals surface area contributed by atoms with Crippen LogP contribution in [0.15, 0.2) is 0 Å². The molecule has 0 fully saturated rings. The van der Waals surface area contributed by atoms with Crippen LogP contribution >= 0.6 is 34.8 Å². The van der Waals surface area contributed by atoms with Gasteiger partial charge in [-0.15, -0.1) is 10.1 Å². The van der Waals surface area contributed by atoms with Crippen molar-refractivity contribution in [3.05, 3.63) is 10.1 Å². The maximum Gasteiger partial charge on any atom is 0.291 e. The van der Waals surface area contributed by atoms with Crippen LogP contribution in [0.4, 0.5) is 0 Å². The van der Waals surface area contributed by atoms with Crippen molar-refractivity contribution >= 4 is 34.8 Å². The molecule has 0 saturated carbocycles. The van der Waals surface area contributed by atoms with E-state index in [1.54, 1.807) is 0 Å². The molecule has 4 nitrogen and oxygen atoms in total. The number of halogens is 3. The van der Waals surface area contributed by atoms with Gasteiger partial charge in [0.05, 0.1) is 0 Å². The Morgan fingerprint density at radius 1 is 1.50 bits per heavy atom. The van der Waals surface area contributed by atoms with Crippen LogP contribution in [0, 0.1) is 10.1 Å². The monoisotopic (exact) mass is 181 g/mol. The highest BCUT2D eigenvalue weighted by Gasteiger charge is 1.78. The minimum absolute atomic E-state index is 0.750. The van der Waals surface area contributed by atoms with Crippen molar-refractivity contribution in [3.8, 4) is 0 Å². The lowest BCUT2D eigenvalue weighted by Crippen LogP contribution is -1.81. The van der Waals surface area contributed by atoms with Gasteiger partial charge in [0, 0.05) is 0 Å². The molecule has 0 radical (unpaired) electrons. The van der Waals surface area contributed by atoms with Gasteiger partial charge in [-0.1, -0.05) is 34.8 Å². The van der Waals surface area contributed by atoms with Crippen LogP contribution in [0.5, 0.6) is 0 Å². The summed E-state index contributed by atoms with van der Waals surface area (Å²) in [6.45, 7) is 0. The molecule has 0 unspecified atom stereocenters. The van der Waals surface area contributed by atoms with Crippen LogP contribution < -0.4 is 0 Å². The van der Waals surface area contributed by atoms with Gasteiger partial charge in [-0.3, -0.25) is 0 Å². The van der Waals surface area contributed by atoms with E-state index in [1.807, 2.05) is 0 Å². The molecule has 0 aromatic carbocycles. The molecule has 0 heterocycles. The van der Waals surface area contributed by atoms with Crippen LogP contribution in [0.3, 0.4) is 0 Å². The first-order valence-electron chi connectivity index (χ1n) is 1.22. The minimum Gasteiger partial charge on any atom is -0.328 e. The summed E-state index contributed by atoms with van der Waals surface area (Å²) in [5.41, 5.74) is 0. The van der Waals surface area contributed by atoms with Gasteiger partial charge in [0.2, 0.25) is 0 Å². The van der Waals surface area contributed by atoms with Crippen LogP contribution in [-0.4, -0.2) is 14.6 Å². The molecular weight excluding hydrogens is 180 g/mol. The van der Waals surface area contributed by atoms with E-state index in [2.05, 4.69) is 0 Å². The van der Waals surface area contributed by atoms with E-state index in [0.29, 0.717) is 0 Å². The van der Waals surface area contributed by atoms with E-state index < -0.39 is 9.38 Å². The van der Waals surface area contributed by atoms with Gasteiger partial charge >= 0.3 is 0 Å². The fraction of sp³-hybridized carbons (Fsp3) is 1.00. The molecule has 0 aromatic rings. The van der Waals surface area contributed by atoms with Crippen molar-refractivity contribution in [3.63, 3.8) is 0 Å². The topological polar surface area (TPSA) is 63.4 Å². The predicted octanol–water partition coefficient (Wildman–Crippen LogP) is 1.64. The van der Waals surface area contributed by atoms with Gasteiger partial charge in [-0.25, -0.2) is 0 Å². The molecular formula is CH2Cl3NO3. The molecule has 0 aromatic heterocycles. The molecule has 0 amide bonds. The predicted molar refractivity (Wildman–Crippen MR) is 30.1 cm³/mol. The lowest BCUT2D eigenvalue weighted by molar-refractivity contribution is -0.742. The highest BCUT2D eigenvalue weighted by Crippen LogP contribution is 2.03. The summed E-state index contributed by atoms with van der Waals surface area (Å²) in [5, 5.41) is 13.6. The normalized spacial score (nSPS) is 7.50. The van der Waals surface area contributed by atoms with Crippen molar-refractivity contribution in [2.75, 3.05) is 0 Å². The molecule has 0 spiro atoms. The number of alkyl halides is 3. The SMILES string of the molecule is ClC(Cl)Cl.O=[N+]([O-])O. The third-order valence-corrected chi connectivity index (χ3v) is 0. The Balaban J connectivity index is 0. The van der Waals surface area contributed by atoms with Crippen molar-refractivity contribution in [1.82, 2.24) is 0 Å². The zero-order valence-electron chi connectivity index (χ0n) is 3.42. The highest BCUT2D eigenvalue weighted by molar-refractivity contribution is 6.63. The quantitative estimate of drug-likeness (QED) is 0.352. The Labute approximate surface area is 60.1 Å². The zero-order chi connectivity index (χ0) is 7.15. The van der Waals surface area contributed by atoms with Crippen molar-refractivity contribution in [2.24, 2.45) is 0 Å². The average Bonchev–Trinajstić information content (AvgIpc) is 1.25. The number of hydrogen-bond donors (Lipinski definition) is 1. The van der Waals surface area contributed by atoms with E-state index >= 15 is 0 Å². The second kappa shape index (κ2) is 7.07. The maximum atomic E-state index is 8.36. The van der Waals surface area contributed by atoms with Gasteiger partial charge in [-0.05, 0) is 0 Å². The molecule has 0 aliphatic heterocycles. The summed E-state index contributed by atoms with van der Waals surface area (Å²) >= 11 is 14.4. The molecule has 0 aliphatic rings. The third kappa shape index (κ3) is 31800. The first-order valence-corrected chi connectivity index (χ1v) is 2.53. The molecule has 50 valence electrons. The third-order valence-electron chi connectivity index (χ3n) is 0. The summed E-state index contributed by atoms with van der Waals surface area (Å²) in [5.74, 6) is 0. The fourth-order valence-corrected chi connectivity index (χ4v) is 0. The van der Waals surface area contributed by atoms with Crippen LogP contribution in [-0.2, 0) is 0 Å². The number of hydrogen-bond acceptors (Lipinski definition) is 2. The molecule has 0 bridgehead atoms. The Morgan fingerprint density at radius 3 is 1.50 bits per heavy atom. The summed E-state index contributed by atoms with van der Waals surface area (Å²) in [6.07, 6.45) is 0. The smallest absolute Gasteiger partial charge is 0.291 e. The zero-order valence-corrected chi connectivity index (χ0v) is 5.69. The summed E-state index contributed by atoms with van der Waals surface area (Å²) in [7, 11) is 0. The minimum atomic E-state index is -1.50. The molecule has 0 aliphatic carbocycles. The lowest BCUT2D eigenvalue weighted by Gasteiger charge is -1.69. The van der Waals surface area contributed by atoms with Crippen molar-refractivity contribution in [2.45, 2.75) is 4.30 Å². The van der Waals surface area contributed by atoms with Gasteiger partial charge in [0.25, 0.3) is 5.09 Å². The van der Waals surface area contributed by atoms with Crippen LogP contribution in [0.25, 0.3) is 0 Å². The van der Waals surface area contributed by atoms with Crippen molar-refractivity contribution < 1.29 is 10.3 Å². The van der Waals surface area contributed by atoms with E-state index in [-0.39, 0.29) is 0 Å². The molecule has 8 heavy (non-hydrogen) atoms. The standard InChI is InChI=1S/CHCl3.HNO3/c2*2-1(3)4/h1H;(H,2,3,4). The Hall–Kier alpha value is 0.0700. The van der Waals surface area contributed by atoms with Gasteiger partial charge in [0.1, 0.15) is 0 Å². The molecule has 0 atom stereocenters. The second-order valence-electron chi connectivity index (χ2n) is 0.485. The lowest BCUT2D eigenvalue weighted by atomic mass is 11.9. The molecule has 0 rings (SSSR count). The van der Waals surface area contributed by atoms with Crippen LogP contribution in [0.1, 0.15) is 0 Å². The van der Waals surface area contributed by atoms with Crippen LogP contribution in [0.2, 0.25) is 0 Å². The molecule has 1 N–H and O–H groups in total. The first kappa shape index (κ1) is 10.9. The fourth-order valence-electron chi connectivity index (χ4n) is 0. The van der Waals surface area contributed by atoms with Gasteiger partial charge in [-0.2, -0.15) is 0 Å². The Bertz CT molecular complexity index is 58.8. The Morgan fingerprint density at radius 2 is 1.50 bits per heavy atom. The van der Waals surface area contributed by atoms with E-state index in [4.69, 9.17) is 50.1 Å². The molecule has 0 saturated heterocycles. The summed E-state index contributed by atoms with van der Waals surface area (Å²) < 4.78 is -0.750. The van der Waals surface area contributed by atoms with Gasteiger partial charge in [0.15, 0.2) is 4.30 Å². The van der Waals surface area contributed by atoms with E-state index in [1.165, 1.54) is 0 Å². The Kier molecular flexibility index (Phi) is 9.68. The average molecular weight is 182 g/mol. The van der Waals surface area contributed by atoms with Crippen molar-refractivity contribution in [1.29, 1.82) is 0 Å². The first-order chi connectivity index (χ1) is 3.46. The van der Waals surface area contributed by atoms with E-state index in [0.717, 1.165) is 0 Å². The number of nitrogens with zero attached hydrogens (tertiary/aromatic N) is 1. The second-order valence-corrected chi connectivity index (χ2v) is 2.46. The highest BCUT2D eigenvalue weighted by atomic mass is 35.6. The van der Waals surface area contributed by atoms with Gasteiger partial charge < -0.3 is 5.21 Å². The maximum absolute atomic E-state index is 8.36.